The summed E-state index contributed by atoms with van der Waals surface area (Å²) in [6.45, 7) is 0.491. The van der Waals surface area contributed by atoms with Gasteiger partial charge in [0.2, 0.25) is 5.82 Å². The molecule has 25 heavy (non-hydrogen) atoms. The predicted molar refractivity (Wildman–Crippen MR) is 93.1 cm³/mol. The van der Waals surface area contributed by atoms with Gasteiger partial charge in [0.15, 0.2) is 11.5 Å². The maximum Gasteiger partial charge on any atom is 0.274 e. The Hall–Kier alpha value is -2.09. The lowest BCUT2D eigenvalue weighted by Crippen LogP contribution is -2.32. The molecule has 1 aromatic heterocycles. The summed E-state index contributed by atoms with van der Waals surface area (Å²) in [5.41, 5.74) is 0.601. The van der Waals surface area contributed by atoms with Crippen molar-refractivity contribution in [3.8, 4) is 0 Å². The molecule has 0 radical (unpaired) electrons. The zero-order valence-corrected chi connectivity index (χ0v) is 15.1. The Bertz CT molecular complexity index is 858. The van der Waals surface area contributed by atoms with E-state index in [-0.39, 0.29) is 28.4 Å². The number of amidine groups is 1. The molecule has 0 aliphatic rings. The van der Waals surface area contributed by atoms with E-state index in [0.717, 1.165) is 0 Å². The maximum atomic E-state index is 13.2. The standard InChI is InChI=1S/C12H15BrFN7O3S/c13-8-6-7(2-3-9(8)14)19-11(15)10-12(21-24-20-10)17-4-1-5-18-25(16,22)23/h2-3,6,18H,1,4-5H2,(H2,15,19)(H,17,21)(H2,16,22,23). The molecule has 0 saturated carbocycles. The van der Waals surface area contributed by atoms with Gasteiger partial charge in [0.25, 0.3) is 10.2 Å². The van der Waals surface area contributed by atoms with E-state index in [4.69, 9.17) is 10.5 Å². The van der Waals surface area contributed by atoms with Gasteiger partial charge in [-0.25, -0.2) is 18.9 Å². The number of rotatable bonds is 8. The first-order valence-corrected chi connectivity index (χ1v) is 9.25. The largest absolute Gasteiger partial charge is 0.365 e. The second-order valence-corrected chi connectivity index (χ2v) is 7.04. The van der Waals surface area contributed by atoms with Crippen molar-refractivity contribution in [1.82, 2.24) is 15.0 Å². The molecule has 0 aliphatic carbocycles. The van der Waals surface area contributed by atoms with Crippen molar-refractivity contribution in [2.75, 3.05) is 23.7 Å². The Morgan fingerprint density at radius 2 is 2.12 bits per heavy atom. The highest BCUT2D eigenvalue weighted by Crippen LogP contribution is 2.21. The average Bonchev–Trinajstić information content (AvgIpc) is 2.98. The zero-order chi connectivity index (χ0) is 18.4. The first kappa shape index (κ1) is 19.2. The third kappa shape index (κ3) is 6.04. The molecule has 2 rings (SSSR count). The van der Waals surface area contributed by atoms with Crippen molar-refractivity contribution in [3.63, 3.8) is 0 Å². The molecule has 0 fully saturated rings. The summed E-state index contributed by atoms with van der Waals surface area (Å²) in [6.07, 6.45) is 0.425. The molecular weight excluding hydrogens is 421 g/mol. The van der Waals surface area contributed by atoms with Crippen LogP contribution < -0.4 is 20.5 Å². The SMILES string of the molecule is N=C(Nc1ccc(F)c(Br)c1)c1nonc1NCCCNS(N)(=O)=O. The van der Waals surface area contributed by atoms with Crippen LogP contribution in [0.15, 0.2) is 27.3 Å². The fourth-order valence-electron chi connectivity index (χ4n) is 1.76. The van der Waals surface area contributed by atoms with Crippen LogP contribution in [0.2, 0.25) is 0 Å². The van der Waals surface area contributed by atoms with E-state index in [0.29, 0.717) is 18.7 Å². The van der Waals surface area contributed by atoms with Crippen LogP contribution in [0.5, 0.6) is 0 Å². The van der Waals surface area contributed by atoms with Crippen LogP contribution in [0.1, 0.15) is 12.1 Å². The number of nitrogens with one attached hydrogen (secondary N) is 4. The lowest BCUT2D eigenvalue weighted by Gasteiger charge is -2.08. The fraction of sp³-hybridized carbons (Fsp3) is 0.250. The van der Waals surface area contributed by atoms with Gasteiger partial charge in [-0.05, 0) is 50.9 Å². The zero-order valence-electron chi connectivity index (χ0n) is 12.7. The Balaban J connectivity index is 1.91. The minimum atomic E-state index is -3.72. The molecule has 136 valence electrons. The lowest BCUT2D eigenvalue weighted by atomic mass is 10.3. The number of anilines is 2. The minimum absolute atomic E-state index is 0.107. The molecule has 0 amide bonds. The molecule has 0 saturated heterocycles. The Morgan fingerprint density at radius 1 is 1.36 bits per heavy atom. The molecule has 0 atom stereocenters. The highest BCUT2D eigenvalue weighted by Gasteiger charge is 2.15. The minimum Gasteiger partial charge on any atom is -0.365 e. The molecule has 0 unspecified atom stereocenters. The molecule has 1 aromatic carbocycles. The highest BCUT2D eigenvalue weighted by atomic mass is 79.9. The van der Waals surface area contributed by atoms with E-state index in [1.807, 2.05) is 0 Å². The number of nitrogens with two attached hydrogens (primary N) is 1. The van der Waals surface area contributed by atoms with E-state index in [1.165, 1.54) is 18.2 Å². The van der Waals surface area contributed by atoms with Crippen LogP contribution in [0, 0.1) is 11.2 Å². The van der Waals surface area contributed by atoms with Crippen molar-refractivity contribution in [2.24, 2.45) is 5.14 Å². The van der Waals surface area contributed by atoms with E-state index in [9.17, 15) is 12.8 Å². The van der Waals surface area contributed by atoms with Crippen LogP contribution >= 0.6 is 15.9 Å². The van der Waals surface area contributed by atoms with Crippen LogP contribution in [0.4, 0.5) is 15.9 Å². The van der Waals surface area contributed by atoms with E-state index >= 15 is 0 Å². The molecule has 1 heterocycles. The van der Waals surface area contributed by atoms with Crippen LogP contribution in [0.3, 0.4) is 0 Å². The normalized spacial score (nSPS) is 11.3. The predicted octanol–water partition coefficient (Wildman–Crippen LogP) is 1.00. The second-order valence-electron chi connectivity index (χ2n) is 4.81. The van der Waals surface area contributed by atoms with Crippen molar-refractivity contribution < 1.29 is 17.4 Å². The summed E-state index contributed by atoms with van der Waals surface area (Å²) in [5.74, 6) is -0.310. The van der Waals surface area contributed by atoms with Gasteiger partial charge in [-0.3, -0.25) is 5.41 Å². The summed E-state index contributed by atoms with van der Waals surface area (Å²) in [4.78, 5) is 0. The van der Waals surface area contributed by atoms with Crippen LogP contribution in [-0.2, 0) is 10.2 Å². The topological polar surface area (TPSA) is 159 Å². The van der Waals surface area contributed by atoms with Gasteiger partial charge in [0, 0.05) is 18.8 Å². The first-order chi connectivity index (χ1) is 11.8. The summed E-state index contributed by atoms with van der Waals surface area (Å²) in [6, 6.07) is 4.19. The maximum absolute atomic E-state index is 13.2. The Labute approximate surface area is 151 Å². The number of aromatic nitrogens is 2. The molecule has 6 N–H and O–H groups in total. The quantitative estimate of drug-likeness (QED) is 0.235. The summed E-state index contributed by atoms with van der Waals surface area (Å²) in [7, 11) is -3.72. The molecule has 0 spiro atoms. The van der Waals surface area contributed by atoms with E-state index in [1.54, 1.807) is 0 Å². The number of hydrogen-bond acceptors (Lipinski definition) is 7. The van der Waals surface area contributed by atoms with E-state index < -0.39 is 16.0 Å². The lowest BCUT2D eigenvalue weighted by molar-refractivity contribution is 0.307. The Kier molecular flexibility index (Phi) is 6.41. The summed E-state index contributed by atoms with van der Waals surface area (Å²) in [5, 5.41) is 25.7. The number of hydrogen-bond donors (Lipinski definition) is 5. The Morgan fingerprint density at radius 3 is 2.80 bits per heavy atom. The van der Waals surface area contributed by atoms with Crippen molar-refractivity contribution in [2.45, 2.75) is 6.42 Å². The fourth-order valence-corrected chi connectivity index (χ4v) is 2.56. The molecule has 13 heteroatoms. The summed E-state index contributed by atoms with van der Waals surface area (Å²) < 4.78 is 41.7. The van der Waals surface area contributed by atoms with Crippen molar-refractivity contribution >= 4 is 43.5 Å². The molecule has 2 aromatic rings. The van der Waals surface area contributed by atoms with Crippen molar-refractivity contribution in [1.29, 1.82) is 5.41 Å². The number of benzene rings is 1. The van der Waals surface area contributed by atoms with Crippen molar-refractivity contribution in [3.05, 3.63) is 34.2 Å². The molecular formula is C12H15BrFN7O3S. The molecule has 0 bridgehead atoms. The summed E-state index contributed by atoms with van der Waals surface area (Å²) >= 11 is 3.06. The average molecular weight is 436 g/mol. The first-order valence-electron chi connectivity index (χ1n) is 6.91. The third-order valence-electron chi connectivity index (χ3n) is 2.86. The van der Waals surface area contributed by atoms with Gasteiger partial charge in [-0.1, -0.05) is 0 Å². The number of nitrogens with zero attached hydrogens (tertiary/aromatic N) is 2. The van der Waals surface area contributed by atoms with Crippen LogP contribution in [-0.4, -0.2) is 37.7 Å². The second kappa shape index (κ2) is 8.33. The van der Waals surface area contributed by atoms with Crippen LogP contribution in [0.25, 0.3) is 0 Å². The van der Waals surface area contributed by atoms with Gasteiger partial charge < -0.3 is 10.6 Å². The smallest absolute Gasteiger partial charge is 0.274 e. The third-order valence-corrected chi connectivity index (χ3v) is 4.08. The van der Waals surface area contributed by atoms with Gasteiger partial charge >= 0.3 is 0 Å². The number of halogens is 2. The van der Waals surface area contributed by atoms with Gasteiger partial charge in [0.05, 0.1) is 4.47 Å². The van der Waals surface area contributed by atoms with Gasteiger partial charge in [-0.2, -0.15) is 8.42 Å². The van der Waals surface area contributed by atoms with Gasteiger partial charge in [0.1, 0.15) is 5.82 Å². The highest BCUT2D eigenvalue weighted by molar-refractivity contribution is 9.10. The molecule has 10 nitrogen and oxygen atoms in total. The monoisotopic (exact) mass is 435 g/mol. The van der Waals surface area contributed by atoms with Gasteiger partial charge in [-0.15, -0.1) is 0 Å². The van der Waals surface area contributed by atoms with E-state index in [2.05, 4.69) is 46.2 Å². The molecule has 0 aliphatic heterocycles.